The van der Waals surface area contributed by atoms with E-state index >= 15 is 0 Å². The zero-order valence-electron chi connectivity index (χ0n) is 15.4. The normalized spacial score (nSPS) is 17.8. The zero-order chi connectivity index (χ0) is 20.1. The molecule has 1 heterocycles. The number of aryl methyl sites for hydroxylation is 1. The Morgan fingerprint density at radius 2 is 1.82 bits per heavy atom. The molecule has 0 unspecified atom stereocenters. The number of carbonyl (C=O) groups excluding carboxylic acids is 2. The van der Waals surface area contributed by atoms with Crippen molar-refractivity contribution in [3.63, 3.8) is 0 Å². The molecule has 7 nitrogen and oxygen atoms in total. The maximum absolute atomic E-state index is 12.8. The third kappa shape index (κ3) is 4.96. The van der Waals surface area contributed by atoms with Gasteiger partial charge in [0, 0.05) is 6.42 Å². The van der Waals surface area contributed by atoms with Crippen molar-refractivity contribution in [1.29, 1.82) is 0 Å². The Balaban J connectivity index is 1.81. The van der Waals surface area contributed by atoms with Gasteiger partial charge in [-0.2, -0.15) is 4.72 Å². The number of benzene rings is 2. The molecule has 2 atom stereocenters. The number of hydrogen-bond donors (Lipinski definition) is 2. The first-order valence-corrected chi connectivity index (χ1v) is 10.4. The summed E-state index contributed by atoms with van der Waals surface area (Å²) in [5.41, 5.74) is 1.72. The van der Waals surface area contributed by atoms with Crippen LogP contribution in [0.2, 0.25) is 0 Å². The minimum atomic E-state index is -3.92. The van der Waals surface area contributed by atoms with E-state index < -0.39 is 34.0 Å². The lowest BCUT2D eigenvalue weighted by atomic mass is 10.1. The molecular formula is C20H22N2O5S. The standard InChI is InChI=1S/C20H22N2O5S/c1-14-7-9-16(10-8-14)28(25,26)22-18(13-15-5-3-2-4-6-15)19(23)21-17-11-12-27-20(17)24/h2-10,17-18,22H,11-13H2,1H3,(H,21,23)/t17-,18-/m0/s1. The summed E-state index contributed by atoms with van der Waals surface area (Å²) in [6.45, 7) is 2.10. The summed E-state index contributed by atoms with van der Waals surface area (Å²) in [4.78, 5) is 24.5. The van der Waals surface area contributed by atoms with Crippen LogP contribution in [-0.2, 0) is 30.8 Å². The molecule has 28 heavy (non-hydrogen) atoms. The lowest BCUT2D eigenvalue weighted by Gasteiger charge is -2.20. The van der Waals surface area contributed by atoms with Crippen molar-refractivity contribution in [3.8, 4) is 0 Å². The topological polar surface area (TPSA) is 102 Å². The fraction of sp³-hybridized carbons (Fsp3) is 0.300. The van der Waals surface area contributed by atoms with E-state index in [2.05, 4.69) is 10.0 Å². The van der Waals surface area contributed by atoms with Crippen molar-refractivity contribution in [2.75, 3.05) is 6.61 Å². The second-order valence-electron chi connectivity index (χ2n) is 6.69. The van der Waals surface area contributed by atoms with E-state index in [0.29, 0.717) is 6.42 Å². The number of hydrogen-bond acceptors (Lipinski definition) is 5. The number of cyclic esters (lactones) is 1. The molecule has 3 rings (SSSR count). The first-order valence-electron chi connectivity index (χ1n) is 8.95. The van der Waals surface area contributed by atoms with Crippen molar-refractivity contribution >= 4 is 21.9 Å². The second-order valence-corrected chi connectivity index (χ2v) is 8.41. The number of rotatable bonds is 7. The van der Waals surface area contributed by atoms with Crippen LogP contribution in [0.1, 0.15) is 17.5 Å². The number of sulfonamides is 1. The van der Waals surface area contributed by atoms with Gasteiger partial charge in [0.1, 0.15) is 12.1 Å². The van der Waals surface area contributed by atoms with E-state index in [1.54, 1.807) is 12.1 Å². The van der Waals surface area contributed by atoms with E-state index in [1.165, 1.54) is 12.1 Å². The van der Waals surface area contributed by atoms with E-state index in [-0.39, 0.29) is 17.9 Å². The Labute approximate surface area is 164 Å². The van der Waals surface area contributed by atoms with Gasteiger partial charge in [0.2, 0.25) is 15.9 Å². The zero-order valence-corrected chi connectivity index (χ0v) is 16.2. The minimum absolute atomic E-state index is 0.0734. The van der Waals surface area contributed by atoms with Crippen LogP contribution >= 0.6 is 0 Å². The van der Waals surface area contributed by atoms with Gasteiger partial charge in [-0.15, -0.1) is 0 Å². The van der Waals surface area contributed by atoms with E-state index in [9.17, 15) is 18.0 Å². The monoisotopic (exact) mass is 402 g/mol. The van der Waals surface area contributed by atoms with Crippen LogP contribution in [0, 0.1) is 6.92 Å². The lowest BCUT2D eigenvalue weighted by Crippen LogP contribution is -2.51. The van der Waals surface area contributed by atoms with Crippen molar-refractivity contribution in [3.05, 3.63) is 65.7 Å². The van der Waals surface area contributed by atoms with E-state index in [4.69, 9.17) is 4.74 Å². The number of esters is 1. The lowest BCUT2D eigenvalue weighted by molar-refractivity contribution is -0.141. The maximum Gasteiger partial charge on any atom is 0.328 e. The molecule has 2 aromatic rings. The van der Waals surface area contributed by atoms with Crippen molar-refractivity contribution in [1.82, 2.24) is 10.0 Å². The van der Waals surface area contributed by atoms with Gasteiger partial charge in [-0.3, -0.25) is 4.79 Å². The van der Waals surface area contributed by atoms with Gasteiger partial charge < -0.3 is 10.1 Å². The number of amides is 1. The van der Waals surface area contributed by atoms with Crippen LogP contribution in [0.5, 0.6) is 0 Å². The molecule has 1 fully saturated rings. The fourth-order valence-electron chi connectivity index (χ4n) is 2.91. The Morgan fingerprint density at radius 3 is 2.43 bits per heavy atom. The predicted molar refractivity (Wildman–Crippen MR) is 103 cm³/mol. The van der Waals surface area contributed by atoms with Gasteiger partial charge in [-0.25, -0.2) is 13.2 Å². The second kappa shape index (κ2) is 8.53. The Kier molecular flexibility index (Phi) is 6.11. The highest BCUT2D eigenvalue weighted by Crippen LogP contribution is 2.13. The number of ether oxygens (including phenoxy) is 1. The molecule has 1 aliphatic heterocycles. The molecule has 2 aromatic carbocycles. The van der Waals surface area contributed by atoms with Gasteiger partial charge in [0.15, 0.2) is 0 Å². The third-order valence-corrected chi connectivity index (χ3v) is 5.97. The Bertz CT molecular complexity index is 942. The molecular weight excluding hydrogens is 380 g/mol. The summed E-state index contributed by atoms with van der Waals surface area (Å²) >= 11 is 0. The average molecular weight is 402 g/mol. The van der Waals surface area contributed by atoms with Crippen LogP contribution in [0.3, 0.4) is 0 Å². The van der Waals surface area contributed by atoms with Crippen molar-refractivity contribution < 1.29 is 22.7 Å². The first kappa shape index (κ1) is 20.0. The Morgan fingerprint density at radius 1 is 1.14 bits per heavy atom. The summed E-state index contributed by atoms with van der Waals surface area (Å²) in [5.74, 6) is -1.07. The molecule has 1 amide bonds. The average Bonchev–Trinajstić information content (AvgIpc) is 3.07. The first-order chi connectivity index (χ1) is 13.3. The van der Waals surface area contributed by atoms with Crippen LogP contribution in [-0.4, -0.2) is 39.0 Å². The molecule has 0 aliphatic carbocycles. The molecule has 0 spiro atoms. The smallest absolute Gasteiger partial charge is 0.328 e. The highest BCUT2D eigenvalue weighted by molar-refractivity contribution is 7.89. The quantitative estimate of drug-likeness (QED) is 0.680. The molecule has 0 aromatic heterocycles. The van der Waals surface area contributed by atoms with Gasteiger partial charge >= 0.3 is 5.97 Å². The molecule has 2 N–H and O–H groups in total. The van der Waals surface area contributed by atoms with E-state index in [1.807, 2.05) is 37.3 Å². The molecule has 0 radical (unpaired) electrons. The van der Waals surface area contributed by atoms with Gasteiger partial charge in [-0.1, -0.05) is 48.0 Å². The van der Waals surface area contributed by atoms with Gasteiger partial charge in [0.05, 0.1) is 11.5 Å². The van der Waals surface area contributed by atoms with Crippen LogP contribution < -0.4 is 10.0 Å². The number of nitrogens with one attached hydrogen (secondary N) is 2. The van der Waals surface area contributed by atoms with Crippen LogP contribution in [0.25, 0.3) is 0 Å². The van der Waals surface area contributed by atoms with Crippen molar-refractivity contribution in [2.24, 2.45) is 0 Å². The fourth-order valence-corrected chi connectivity index (χ4v) is 4.11. The summed E-state index contributed by atoms with van der Waals surface area (Å²) in [6.07, 6.45) is 0.521. The van der Waals surface area contributed by atoms with Crippen LogP contribution in [0.4, 0.5) is 0 Å². The van der Waals surface area contributed by atoms with E-state index in [0.717, 1.165) is 11.1 Å². The minimum Gasteiger partial charge on any atom is -0.464 e. The molecule has 8 heteroatoms. The third-order valence-electron chi connectivity index (χ3n) is 4.48. The SMILES string of the molecule is Cc1ccc(S(=O)(=O)N[C@@H](Cc2ccccc2)C(=O)N[C@H]2CCOC2=O)cc1. The highest BCUT2D eigenvalue weighted by atomic mass is 32.2. The Hall–Kier alpha value is -2.71. The molecule has 0 saturated carbocycles. The van der Waals surface area contributed by atoms with Crippen LogP contribution in [0.15, 0.2) is 59.5 Å². The van der Waals surface area contributed by atoms with Gasteiger partial charge in [-0.05, 0) is 31.0 Å². The van der Waals surface area contributed by atoms with Crippen molar-refractivity contribution in [2.45, 2.75) is 36.7 Å². The predicted octanol–water partition coefficient (Wildman–Crippen LogP) is 1.32. The number of carbonyl (C=O) groups is 2. The molecule has 148 valence electrons. The maximum atomic E-state index is 12.8. The molecule has 1 saturated heterocycles. The summed E-state index contributed by atoms with van der Waals surface area (Å²) < 4.78 is 32.9. The summed E-state index contributed by atoms with van der Waals surface area (Å²) in [7, 11) is -3.92. The highest BCUT2D eigenvalue weighted by Gasteiger charge is 2.32. The molecule has 0 bridgehead atoms. The largest absolute Gasteiger partial charge is 0.464 e. The summed E-state index contributed by atoms with van der Waals surface area (Å²) in [6, 6.07) is 13.6. The summed E-state index contributed by atoms with van der Waals surface area (Å²) in [5, 5.41) is 2.59. The molecule has 1 aliphatic rings. The van der Waals surface area contributed by atoms with Gasteiger partial charge in [0.25, 0.3) is 0 Å².